The normalized spacial score (nSPS) is 15.2. The Morgan fingerprint density at radius 2 is 1.83 bits per heavy atom. The van der Waals surface area contributed by atoms with Crippen LogP contribution >= 0.6 is 8.75 Å². The quantitative estimate of drug-likeness (QED) is 0.588. The van der Waals surface area contributed by atoms with Crippen molar-refractivity contribution in [3.05, 3.63) is 27.4 Å². The summed E-state index contributed by atoms with van der Waals surface area (Å²) in [7, 11) is -1.60. The van der Waals surface area contributed by atoms with E-state index in [1.165, 1.54) is 6.07 Å². The molecule has 0 radical (unpaired) electrons. The standard InChI is InChI=1S/C8H16N2OS/c1-12(2,3,4)8-9-6-5-7(11)10-8/h5-6,9H,1-4H3,(H,10,11). The maximum atomic E-state index is 11.0. The van der Waals surface area contributed by atoms with Gasteiger partial charge in [-0.2, -0.15) is 0 Å². The number of H-pyrrole nitrogens is 2. The fourth-order valence-corrected chi connectivity index (χ4v) is 1.87. The van der Waals surface area contributed by atoms with Crippen molar-refractivity contribution in [1.82, 2.24) is 9.97 Å². The number of aromatic amines is 2. The second-order valence-corrected chi connectivity index (χ2v) is 11.5. The molecule has 1 aromatic heterocycles. The largest absolute Gasteiger partial charge is 0.344 e. The molecule has 3 nitrogen and oxygen atoms in total. The lowest BCUT2D eigenvalue weighted by atomic mass is 10.7. The first kappa shape index (κ1) is 9.32. The Bertz CT molecular complexity index is 423. The molecule has 0 aliphatic heterocycles. The highest BCUT2D eigenvalue weighted by Crippen LogP contribution is 2.44. The van der Waals surface area contributed by atoms with E-state index in [0.29, 0.717) is 0 Å². The van der Waals surface area contributed by atoms with Gasteiger partial charge in [0.05, 0.1) is 0 Å². The van der Waals surface area contributed by atoms with E-state index >= 15 is 0 Å². The van der Waals surface area contributed by atoms with Crippen molar-refractivity contribution in [1.29, 1.82) is 0 Å². The number of aromatic nitrogens is 2. The van der Waals surface area contributed by atoms with Gasteiger partial charge in [0, 0.05) is 12.3 Å². The molecule has 0 bridgehead atoms. The minimum absolute atomic E-state index is 0.0425. The van der Waals surface area contributed by atoms with Gasteiger partial charge in [0.2, 0.25) is 0 Å². The van der Waals surface area contributed by atoms with Gasteiger partial charge in [0.1, 0.15) is 4.77 Å². The first-order valence-electron chi connectivity index (χ1n) is 3.70. The number of nitrogens with one attached hydrogen (secondary N) is 2. The molecule has 0 saturated heterocycles. The van der Waals surface area contributed by atoms with E-state index in [9.17, 15) is 4.79 Å². The van der Waals surface area contributed by atoms with E-state index < -0.39 is 8.75 Å². The van der Waals surface area contributed by atoms with E-state index in [0.717, 1.165) is 4.77 Å². The van der Waals surface area contributed by atoms with Crippen LogP contribution in [0.3, 0.4) is 0 Å². The molecule has 2 N–H and O–H groups in total. The third kappa shape index (κ3) is 2.11. The molecule has 0 aromatic carbocycles. The van der Waals surface area contributed by atoms with E-state index in [2.05, 4.69) is 35.0 Å². The van der Waals surface area contributed by atoms with Gasteiger partial charge in [-0.3, -0.25) is 4.79 Å². The van der Waals surface area contributed by atoms with Crippen LogP contribution in [0.2, 0.25) is 0 Å². The summed E-state index contributed by atoms with van der Waals surface area (Å²) in [5.74, 6) is 0. The SMILES string of the molecule is CS(C)(C)(C)=c1[nH]ccc(=O)[nH]1. The Balaban J connectivity index is 3.83. The van der Waals surface area contributed by atoms with Crippen LogP contribution in [0.1, 0.15) is 0 Å². The molecule has 0 atom stereocenters. The van der Waals surface area contributed by atoms with Gasteiger partial charge < -0.3 is 9.97 Å². The fraction of sp³-hybridized carbons (Fsp3) is 0.500. The average Bonchev–Trinajstić information content (AvgIpc) is 1.84. The maximum Gasteiger partial charge on any atom is 0.251 e. The van der Waals surface area contributed by atoms with Crippen LogP contribution in [-0.2, 0) is 0 Å². The first-order chi connectivity index (χ1) is 5.26. The maximum absolute atomic E-state index is 11.0. The van der Waals surface area contributed by atoms with Crippen LogP contribution in [0.15, 0.2) is 17.1 Å². The smallest absolute Gasteiger partial charge is 0.251 e. The van der Waals surface area contributed by atoms with Crippen LogP contribution < -0.4 is 5.56 Å². The summed E-state index contributed by atoms with van der Waals surface area (Å²) in [6.45, 7) is 0. The predicted octanol–water partition coefficient (Wildman–Crippen LogP) is 1.09. The van der Waals surface area contributed by atoms with Crippen molar-refractivity contribution in [2.75, 3.05) is 25.0 Å². The summed E-state index contributed by atoms with van der Waals surface area (Å²) in [4.78, 5) is 16.9. The van der Waals surface area contributed by atoms with Crippen LogP contribution in [0.4, 0.5) is 0 Å². The molecule has 0 saturated carbocycles. The highest BCUT2D eigenvalue weighted by Gasteiger charge is 2.08. The molecule has 0 aliphatic rings. The lowest BCUT2D eigenvalue weighted by Gasteiger charge is -2.30. The monoisotopic (exact) mass is 188 g/mol. The fourth-order valence-electron chi connectivity index (χ4n) is 0.823. The molecule has 0 amide bonds. The highest BCUT2D eigenvalue weighted by atomic mass is 32.3. The number of hydrogen-bond acceptors (Lipinski definition) is 1. The van der Waals surface area contributed by atoms with E-state index in [1.54, 1.807) is 6.20 Å². The van der Waals surface area contributed by atoms with Crippen LogP contribution in [0.25, 0.3) is 0 Å². The Labute approximate surface area is 71.7 Å². The first-order valence-corrected chi connectivity index (χ1v) is 7.38. The summed E-state index contributed by atoms with van der Waals surface area (Å²) in [5, 5.41) is 0. The zero-order valence-electron chi connectivity index (χ0n) is 7.97. The molecule has 1 rings (SSSR count). The summed E-state index contributed by atoms with van der Waals surface area (Å²) >= 11 is 0. The third-order valence-electron chi connectivity index (χ3n) is 1.50. The van der Waals surface area contributed by atoms with Crippen molar-refractivity contribution in [2.24, 2.45) is 0 Å². The molecule has 0 aliphatic carbocycles. The Morgan fingerprint density at radius 1 is 1.25 bits per heavy atom. The molecule has 1 aromatic rings. The third-order valence-corrected chi connectivity index (χ3v) is 3.36. The van der Waals surface area contributed by atoms with Gasteiger partial charge in [-0.05, 0) is 25.0 Å². The predicted molar refractivity (Wildman–Crippen MR) is 55.9 cm³/mol. The molecule has 70 valence electrons. The van der Waals surface area contributed by atoms with Gasteiger partial charge in [0.25, 0.3) is 5.56 Å². The Kier molecular flexibility index (Phi) is 1.83. The van der Waals surface area contributed by atoms with E-state index in [1.807, 2.05) is 0 Å². The molecule has 0 spiro atoms. The van der Waals surface area contributed by atoms with E-state index in [-0.39, 0.29) is 5.56 Å². The Hall–Kier alpha value is -0.770. The molecule has 1 heterocycles. The zero-order chi connectivity index (χ0) is 9.43. The van der Waals surface area contributed by atoms with Crippen molar-refractivity contribution in [3.63, 3.8) is 0 Å². The van der Waals surface area contributed by atoms with Gasteiger partial charge >= 0.3 is 0 Å². The van der Waals surface area contributed by atoms with Gasteiger partial charge in [-0.15, -0.1) is 0 Å². The second-order valence-electron chi connectivity index (χ2n) is 4.56. The molecular formula is C8H16N2OS. The van der Waals surface area contributed by atoms with Crippen molar-refractivity contribution < 1.29 is 0 Å². The molecule has 12 heavy (non-hydrogen) atoms. The number of hydrogen-bond donors (Lipinski definition) is 2. The molecule has 0 unspecified atom stereocenters. The number of rotatable bonds is 0. The molecule has 0 fully saturated rings. The lowest BCUT2D eigenvalue weighted by Crippen LogP contribution is -2.10. The second kappa shape index (κ2) is 2.36. The minimum Gasteiger partial charge on any atom is -0.344 e. The van der Waals surface area contributed by atoms with Gasteiger partial charge in [0.15, 0.2) is 0 Å². The molecule has 4 heteroatoms. The summed E-state index contributed by atoms with van der Waals surface area (Å²) in [6, 6.07) is 1.49. The van der Waals surface area contributed by atoms with Gasteiger partial charge in [-0.1, -0.05) is 0 Å². The van der Waals surface area contributed by atoms with Crippen molar-refractivity contribution in [3.8, 4) is 0 Å². The highest BCUT2D eigenvalue weighted by molar-refractivity contribution is 8.40. The van der Waals surface area contributed by atoms with Crippen molar-refractivity contribution in [2.45, 2.75) is 0 Å². The van der Waals surface area contributed by atoms with Crippen LogP contribution in [0, 0.1) is 4.77 Å². The summed E-state index contributed by atoms with van der Waals surface area (Å²) < 4.78 is 0.944. The van der Waals surface area contributed by atoms with Crippen LogP contribution in [-0.4, -0.2) is 35.0 Å². The Morgan fingerprint density at radius 3 is 2.17 bits per heavy atom. The summed E-state index contributed by atoms with van der Waals surface area (Å²) in [6.07, 6.45) is 10.3. The minimum atomic E-state index is -1.60. The molecular weight excluding hydrogens is 172 g/mol. The van der Waals surface area contributed by atoms with Crippen LogP contribution in [0.5, 0.6) is 0 Å². The van der Waals surface area contributed by atoms with E-state index in [4.69, 9.17) is 0 Å². The lowest BCUT2D eigenvalue weighted by molar-refractivity contribution is 1.08. The van der Waals surface area contributed by atoms with Crippen molar-refractivity contribution >= 4 is 8.75 Å². The van der Waals surface area contributed by atoms with Gasteiger partial charge in [-0.25, -0.2) is 8.75 Å². The zero-order valence-corrected chi connectivity index (χ0v) is 8.79. The average molecular weight is 188 g/mol. The topological polar surface area (TPSA) is 48.6 Å². The summed E-state index contributed by atoms with van der Waals surface area (Å²) in [5.41, 5.74) is -0.0425.